The Kier molecular flexibility index (Phi) is 6.18. The van der Waals surface area contributed by atoms with Crippen LogP contribution in [0.4, 0.5) is 5.13 Å². The van der Waals surface area contributed by atoms with E-state index in [0.717, 1.165) is 5.56 Å². The molecule has 1 aromatic heterocycles. The maximum Gasteiger partial charge on any atom is 0.244 e. The van der Waals surface area contributed by atoms with Gasteiger partial charge in [0.25, 0.3) is 0 Å². The Hall–Kier alpha value is -2.62. The Morgan fingerprint density at radius 2 is 1.57 bits per heavy atom. The van der Waals surface area contributed by atoms with Crippen molar-refractivity contribution in [1.29, 1.82) is 0 Å². The van der Waals surface area contributed by atoms with E-state index in [1.165, 1.54) is 23.5 Å². The van der Waals surface area contributed by atoms with Gasteiger partial charge in [-0.3, -0.25) is 10.1 Å². The number of carbonyl (C=O) groups excluding carboxylic acids is 1. The lowest BCUT2D eigenvalue weighted by molar-refractivity contribution is -0.118. The number of hydrogen-bond donors (Lipinski definition) is 2. The molecule has 7 nitrogen and oxygen atoms in total. The Bertz CT molecular complexity index is 1040. The van der Waals surface area contributed by atoms with Crippen molar-refractivity contribution >= 4 is 32.4 Å². The summed E-state index contributed by atoms with van der Waals surface area (Å²) in [5, 5.41) is 11.7. The van der Waals surface area contributed by atoms with Gasteiger partial charge in [-0.25, -0.2) is 8.42 Å². The van der Waals surface area contributed by atoms with Crippen LogP contribution >= 0.6 is 11.3 Å². The molecule has 2 N–H and O–H groups in total. The molecular formula is C19H20N4O3S2. The fourth-order valence-corrected chi connectivity index (χ4v) is 4.60. The minimum Gasteiger partial charge on any atom is -0.299 e. The van der Waals surface area contributed by atoms with Crippen LogP contribution in [0.5, 0.6) is 0 Å². The van der Waals surface area contributed by atoms with Crippen molar-refractivity contribution in [3.8, 4) is 10.6 Å². The predicted molar refractivity (Wildman–Crippen MR) is 109 cm³/mol. The molecule has 1 amide bonds. The molecule has 28 heavy (non-hydrogen) atoms. The molecule has 0 aliphatic heterocycles. The first-order chi connectivity index (χ1) is 13.4. The average molecular weight is 417 g/mol. The van der Waals surface area contributed by atoms with Crippen molar-refractivity contribution < 1.29 is 13.2 Å². The average Bonchev–Trinajstić information content (AvgIpc) is 3.16. The van der Waals surface area contributed by atoms with E-state index in [2.05, 4.69) is 20.2 Å². The minimum absolute atomic E-state index is 0.107. The van der Waals surface area contributed by atoms with Crippen LogP contribution in [-0.2, 0) is 14.8 Å². The first-order valence-corrected chi connectivity index (χ1v) is 10.9. The summed E-state index contributed by atoms with van der Waals surface area (Å²) in [4.78, 5) is 12.8. The van der Waals surface area contributed by atoms with Crippen LogP contribution in [0.1, 0.15) is 13.8 Å². The monoisotopic (exact) mass is 416 g/mol. The third-order valence-electron chi connectivity index (χ3n) is 3.96. The second-order valence-corrected chi connectivity index (χ2v) is 9.12. The SMILES string of the molecule is CC(C)[C@H](NS(=O)(=O)c1ccccc1)C(=O)Nc1nnc(-c2ccccc2)s1. The number of benzene rings is 2. The number of sulfonamides is 1. The summed E-state index contributed by atoms with van der Waals surface area (Å²) in [7, 11) is -3.82. The fraction of sp³-hybridized carbons (Fsp3) is 0.211. The van der Waals surface area contributed by atoms with E-state index in [-0.39, 0.29) is 10.8 Å². The van der Waals surface area contributed by atoms with Gasteiger partial charge in [-0.05, 0) is 18.1 Å². The van der Waals surface area contributed by atoms with E-state index >= 15 is 0 Å². The molecule has 146 valence electrons. The number of rotatable bonds is 7. The highest BCUT2D eigenvalue weighted by Gasteiger charge is 2.29. The molecule has 3 rings (SSSR count). The van der Waals surface area contributed by atoms with Crippen molar-refractivity contribution in [2.45, 2.75) is 24.8 Å². The number of hydrogen-bond acceptors (Lipinski definition) is 6. The van der Waals surface area contributed by atoms with E-state index < -0.39 is 22.0 Å². The summed E-state index contributed by atoms with van der Waals surface area (Å²) < 4.78 is 27.6. The molecule has 3 aromatic rings. The number of anilines is 1. The molecule has 0 saturated carbocycles. The highest BCUT2D eigenvalue weighted by atomic mass is 32.2. The van der Waals surface area contributed by atoms with Gasteiger partial charge in [0.2, 0.25) is 21.1 Å². The molecule has 0 radical (unpaired) electrons. The molecule has 0 aliphatic rings. The zero-order valence-electron chi connectivity index (χ0n) is 15.4. The van der Waals surface area contributed by atoms with Crippen molar-refractivity contribution in [3.05, 3.63) is 60.7 Å². The summed E-state index contributed by atoms with van der Waals surface area (Å²) in [6.45, 7) is 3.54. The molecule has 9 heteroatoms. The van der Waals surface area contributed by atoms with Gasteiger partial charge < -0.3 is 0 Å². The summed E-state index contributed by atoms with van der Waals surface area (Å²) in [5.74, 6) is -0.745. The van der Waals surface area contributed by atoms with Crippen molar-refractivity contribution in [2.24, 2.45) is 5.92 Å². The van der Waals surface area contributed by atoms with Gasteiger partial charge >= 0.3 is 0 Å². The zero-order chi connectivity index (χ0) is 20.1. The van der Waals surface area contributed by atoms with Crippen LogP contribution in [0.25, 0.3) is 10.6 Å². The predicted octanol–water partition coefficient (Wildman–Crippen LogP) is 3.15. The Balaban J connectivity index is 1.75. The smallest absolute Gasteiger partial charge is 0.244 e. The van der Waals surface area contributed by atoms with E-state index in [0.29, 0.717) is 10.1 Å². The Labute approximate surface area is 167 Å². The number of nitrogens with zero attached hydrogens (tertiary/aromatic N) is 2. The molecule has 0 spiro atoms. The van der Waals surface area contributed by atoms with Crippen molar-refractivity contribution in [1.82, 2.24) is 14.9 Å². The molecule has 1 heterocycles. The third-order valence-corrected chi connectivity index (χ3v) is 6.31. The summed E-state index contributed by atoms with van der Waals surface area (Å²) >= 11 is 1.23. The van der Waals surface area contributed by atoms with E-state index in [1.807, 2.05) is 30.3 Å². The fourth-order valence-electron chi connectivity index (χ4n) is 2.48. The van der Waals surface area contributed by atoms with Gasteiger partial charge in [0.15, 0.2) is 0 Å². The molecule has 0 aliphatic carbocycles. The van der Waals surface area contributed by atoms with Crippen LogP contribution in [0.3, 0.4) is 0 Å². The normalized spacial score (nSPS) is 12.7. The number of nitrogens with one attached hydrogen (secondary N) is 2. The van der Waals surface area contributed by atoms with Crippen molar-refractivity contribution in [3.63, 3.8) is 0 Å². The van der Waals surface area contributed by atoms with Gasteiger partial charge in [-0.15, -0.1) is 10.2 Å². The lowest BCUT2D eigenvalue weighted by Gasteiger charge is -2.20. The van der Waals surface area contributed by atoms with Crippen LogP contribution < -0.4 is 10.0 Å². The van der Waals surface area contributed by atoms with Crippen LogP contribution in [0, 0.1) is 5.92 Å². The standard InChI is InChI=1S/C19H20N4O3S2/c1-13(2)16(23-28(25,26)15-11-7-4-8-12-15)17(24)20-19-22-21-18(27-19)14-9-5-3-6-10-14/h3-13,16,23H,1-2H3,(H,20,22,24)/t16-/m0/s1. The first-order valence-electron chi connectivity index (χ1n) is 8.64. The van der Waals surface area contributed by atoms with Gasteiger partial charge in [0.05, 0.1) is 4.90 Å². The molecule has 0 bridgehead atoms. The highest BCUT2D eigenvalue weighted by molar-refractivity contribution is 7.89. The second-order valence-electron chi connectivity index (χ2n) is 6.42. The van der Waals surface area contributed by atoms with E-state index in [4.69, 9.17) is 0 Å². The number of aromatic nitrogens is 2. The summed E-state index contributed by atoms with van der Waals surface area (Å²) in [6, 6.07) is 16.5. The lowest BCUT2D eigenvalue weighted by atomic mass is 10.1. The highest BCUT2D eigenvalue weighted by Crippen LogP contribution is 2.26. The van der Waals surface area contributed by atoms with E-state index in [1.54, 1.807) is 32.0 Å². The van der Waals surface area contributed by atoms with Crippen LogP contribution in [0.2, 0.25) is 0 Å². The Morgan fingerprint density at radius 3 is 2.18 bits per heavy atom. The largest absolute Gasteiger partial charge is 0.299 e. The summed E-state index contributed by atoms with van der Waals surface area (Å²) in [6.07, 6.45) is 0. The van der Waals surface area contributed by atoms with Gasteiger partial charge in [-0.1, -0.05) is 73.7 Å². The molecule has 0 unspecified atom stereocenters. The first kappa shape index (κ1) is 20.1. The molecule has 0 fully saturated rings. The number of amides is 1. The zero-order valence-corrected chi connectivity index (χ0v) is 17.0. The molecule has 0 saturated heterocycles. The quantitative estimate of drug-likeness (QED) is 0.616. The van der Waals surface area contributed by atoms with Crippen LogP contribution in [-0.4, -0.2) is 30.6 Å². The Morgan fingerprint density at radius 1 is 0.964 bits per heavy atom. The van der Waals surface area contributed by atoms with E-state index in [9.17, 15) is 13.2 Å². The van der Waals surface area contributed by atoms with Crippen LogP contribution in [0.15, 0.2) is 65.6 Å². The molecular weight excluding hydrogens is 396 g/mol. The number of carbonyl (C=O) groups is 1. The van der Waals surface area contributed by atoms with Gasteiger partial charge in [0.1, 0.15) is 11.0 Å². The van der Waals surface area contributed by atoms with Crippen molar-refractivity contribution in [2.75, 3.05) is 5.32 Å². The topological polar surface area (TPSA) is 101 Å². The molecule has 2 aromatic carbocycles. The summed E-state index contributed by atoms with van der Waals surface area (Å²) in [5.41, 5.74) is 0.894. The maximum absolute atomic E-state index is 12.7. The molecule has 1 atom stereocenters. The van der Waals surface area contributed by atoms with Gasteiger partial charge in [-0.2, -0.15) is 4.72 Å². The second kappa shape index (κ2) is 8.59. The van der Waals surface area contributed by atoms with Gasteiger partial charge in [0, 0.05) is 5.56 Å². The third kappa shape index (κ3) is 4.80. The lowest BCUT2D eigenvalue weighted by Crippen LogP contribution is -2.47. The maximum atomic E-state index is 12.7. The minimum atomic E-state index is -3.82.